The van der Waals surface area contributed by atoms with Gasteiger partial charge in [0.15, 0.2) is 0 Å². The van der Waals surface area contributed by atoms with Crippen molar-refractivity contribution in [1.82, 2.24) is 14.9 Å². The van der Waals surface area contributed by atoms with Crippen molar-refractivity contribution < 1.29 is 14.6 Å². The van der Waals surface area contributed by atoms with Crippen molar-refractivity contribution in [2.24, 2.45) is 0 Å². The van der Waals surface area contributed by atoms with Crippen LogP contribution in [0.25, 0.3) is 22.2 Å². The van der Waals surface area contributed by atoms with Gasteiger partial charge in [0.2, 0.25) is 0 Å². The summed E-state index contributed by atoms with van der Waals surface area (Å²) in [6.07, 6.45) is 5.83. The minimum Gasteiger partial charge on any atom is -0.448 e. The summed E-state index contributed by atoms with van der Waals surface area (Å²) in [6, 6.07) is 22.5. The van der Waals surface area contributed by atoms with Crippen LogP contribution in [-0.2, 0) is 10.3 Å². The summed E-state index contributed by atoms with van der Waals surface area (Å²) < 4.78 is 5.98. The first kappa shape index (κ1) is 21.5. The molecule has 1 aromatic heterocycles. The van der Waals surface area contributed by atoms with Gasteiger partial charge in [0.05, 0.1) is 16.6 Å². The summed E-state index contributed by atoms with van der Waals surface area (Å²) in [4.78, 5) is 24.0. The Morgan fingerprint density at radius 1 is 0.889 bits per heavy atom. The van der Waals surface area contributed by atoms with Gasteiger partial charge in [0.25, 0.3) is 0 Å². The smallest absolute Gasteiger partial charge is 0.410 e. The Morgan fingerprint density at radius 3 is 2.17 bits per heavy atom. The predicted molar refractivity (Wildman–Crippen MR) is 136 cm³/mol. The molecule has 0 saturated carbocycles. The number of benzene rings is 3. The maximum absolute atomic E-state index is 13.4. The van der Waals surface area contributed by atoms with Crippen LogP contribution < -0.4 is 0 Å². The highest BCUT2D eigenvalue weighted by Crippen LogP contribution is 2.47. The Kier molecular flexibility index (Phi) is 4.86. The van der Waals surface area contributed by atoms with Gasteiger partial charge >= 0.3 is 6.09 Å². The van der Waals surface area contributed by atoms with E-state index in [-0.39, 0.29) is 24.1 Å². The standard InChI is InChI=1S/C30H27N3O3/c34-29(36-18-26-24-7-3-1-5-22(24)23-6-2-4-8-25(23)26)33-20-10-11-21(33)17-30(35,16-20)19-9-12-27-28(15-19)32-14-13-31-27/h1-9,12-15,20-21,26,35H,10-11,16-18H2. The lowest BCUT2D eigenvalue weighted by Crippen LogP contribution is -2.52. The molecule has 0 radical (unpaired) electrons. The number of ether oxygens (including phenoxy) is 1. The molecule has 3 aliphatic rings. The SMILES string of the molecule is O=C(OCC1c2ccccc2-c2ccccc21)N1C2CCC1CC(O)(c1ccc3nccnc3c1)C2. The zero-order chi connectivity index (χ0) is 24.3. The number of piperidine rings is 1. The first-order chi connectivity index (χ1) is 17.6. The molecule has 2 fully saturated rings. The van der Waals surface area contributed by atoms with Crippen molar-refractivity contribution >= 4 is 17.1 Å². The zero-order valence-electron chi connectivity index (χ0n) is 19.9. The van der Waals surface area contributed by atoms with Gasteiger partial charge in [-0.3, -0.25) is 9.97 Å². The molecular weight excluding hydrogens is 450 g/mol. The van der Waals surface area contributed by atoms with Crippen LogP contribution in [-0.4, -0.2) is 44.8 Å². The van der Waals surface area contributed by atoms with Gasteiger partial charge in [-0.15, -0.1) is 0 Å². The van der Waals surface area contributed by atoms with Crippen molar-refractivity contribution in [3.05, 3.63) is 95.8 Å². The number of carbonyl (C=O) groups is 1. The van der Waals surface area contributed by atoms with Crippen molar-refractivity contribution in [2.75, 3.05) is 6.61 Å². The molecule has 3 aromatic carbocycles. The van der Waals surface area contributed by atoms with Gasteiger partial charge in [-0.25, -0.2) is 4.79 Å². The molecule has 3 heterocycles. The number of carbonyl (C=O) groups excluding carboxylic acids is 1. The third kappa shape index (κ3) is 3.32. The second-order valence-electron chi connectivity index (χ2n) is 10.3. The van der Waals surface area contributed by atoms with Crippen LogP contribution in [0.15, 0.2) is 79.1 Å². The van der Waals surface area contributed by atoms with Crippen LogP contribution in [0.5, 0.6) is 0 Å². The number of hydrogen-bond donors (Lipinski definition) is 1. The van der Waals surface area contributed by atoms with Gasteiger partial charge in [0.1, 0.15) is 6.61 Å². The molecule has 2 atom stereocenters. The average molecular weight is 478 g/mol. The Labute approximate surface area is 209 Å². The quantitative estimate of drug-likeness (QED) is 0.428. The number of aromatic nitrogens is 2. The number of aliphatic hydroxyl groups is 1. The van der Waals surface area contributed by atoms with Crippen LogP contribution in [0.1, 0.15) is 48.3 Å². The van der Waals surface area contributed by atoms with E-state index < -0.39 is 5.60 Å². The van der Waals surface area contributed by atoms with E-state index in [0.29, 0.717) is 19.4 Å². The summed E-state index contributed by atoms with van der Waals surface area (Å²) in [6.45, 7) is 0.316. The Morgan fingerprint density at radius 2 is 1.50 bits per heavy atom. The molecule has 2 aliphatic heterocycles. The highest BCUT2D eigenvalue weighted by atomic mass is 16.6. The van der Waals surface area contributed by atoms with Crippen molar-refractivity contribution in [3.63, 3.8) is 0 Å². The molecule has 7 rings (SSSR count). The molecular formula is C30H27N3O3. The molecule has 1 N–H and O–H groups in total. The molecule has 2 saturated heterocycles. The summed E-state index contributed by atoms with van der Waals surface area (Å²) in [5.41, 5.74) is 6.30. The molecule has 0 spiro atoms. The average Bonchev–Trinajstić information content (AvgIpc) is 3.39. The third-order valence-electron chi connectivity index (χ3n) is 8.32. The minimum atomic E-state index is -0.988. The van der Waals surface area contributed by atoms with Crippen molar-refractivity contribution in [2.45, 2.75) is 49.3 Å². The fourth-order valence-electron chi connectivity index (χ4n) is 6.68. The lowest BCUT2D eigenvalue weighted by Gasteiger charge is -2.43. The number of rotatable bonds is 3. The van der Waals surface area contributed by atoms with E-state index in [4.69, 9.17) is 4.74 Å². The van der Waals surface area contributed by atoms with Crippen molar-refractivity contribution in [1.29, 1.82) is 0 Å². The number of hydrogen-bond acceptors (Lipinski definition) is 5. The van der Waals surface area contributed by atoms with E-state index in [1.807, 2.05) is 35.2 Å². The topological polar surface area (TPSA) is 75.5 Å². The summed E-state index contributed by atoms with van der Waals surface area (Å²) >= 11 is 0. The van der Waals surface area contributed by atoms with Crippen LogP contribution in [0.3, 0.4) is 0 Å². The maximum Gasteiger partial charge on any atom is 0.410 e. The summed E-state index contributed by atoms with van der Waals surface area (Å²) in [7, 11) is 0. The lowest BCUT2D eigenvalue weighted by atomic mass is 9.80. The lowest BCUT2D eigenvalue weighted by molar-refractivity contribution is -0.0530. The molecule has 2 unspecified atom stereocenters. The normalized spacial score (nSPS) is 24.5. The van der Waals surface area contributed by atoms with E-state index in [1.165, 1.54) is 22.3 Å². The maximum atomic E-state index is 13.4. The Hall–Kier alpha value is -3.77. The van der Waals surface area contributed by atoms with Crippen LogP contribution >= 0.6 is 0 Å². The summed E-state index contributed by atoms with van der Waals surface area (Å²) in [5, 5.41) is 11.7. The first-order valence-electron chi connectivity index (χ1n) is 12.7. The Bertz CT molecular complexity index is 1430. The Balaban J connectivity index is 1.09. The molecule has 36 heavy (non-hydrogen) atoms. The molecule has 1 amide bonds. The predicted octanol–water partition coefficient (Wildman–Crippen LogP) is 5.39. The second kappa shape index (κ2) is 8.14. The first-order valence-corrected chi connectivity index (χ1v) is 12.7. The molecule has 4 aromatic rings. The molecule has 6 heteroatoms. The van der Waals surface area contributed by atoms with E-state index in [9.17, 15) is 9.90 Å². The van der Waals surface area contributed by atoms with E-state index in [0.717, 1.165) is 29.4 Å². The largest absolute Gasteiger partial charge is 0.448 e. The van der Waals surface area contributed by atoms with E-state index in [1.54, 1.807) is 12.4 Å². The summed E-state index contributed by atoms with van der Waals surface area (Å²) in [5.74, 6) is 0.0411. The molecule has 6 nitrogen and oxygen atoms in total. The number of amides is 1. The monoisotopic (exact) mass is 477 g/mol. The van der Waals surface area contributed by atoms with E-state index in [2.05, 4.69) is 46.4 Å². The number of nitrogens with zero attached hydrogens (tertiary/aromatic N) is 3. The van der Waals surface area contributed by atoms with Gasteiger partial charge in [0, 0.05) is 43.2 Å². The van der Waals surface area contributed by atoms with Gasteiger partial charge in [-0.1, -0.05) is 54.6 Å². The molecule has 1 aliphatic carbocycles. The molecule has 2 bridgehead atoms. The van der Waals surface area contributed by atoms with Gasteiger partial charge in [-0.05, 0) is 52.8 Å². The van der Waals surface area contributed by atoms with Crippen LogP contribution in [0, 0.1) is 0 Å². The fourth-order valence-corrected chi connectivity index (χ4v) is 6.68. The highest BCUT2D eigenvalue weighted by Gasteiger charge is 2.50. The van der Waals surface area contributed by atoms with Crippen LogP contribution in [0.2, 0.25) is 0 Å². The number of fused-ring (bicyclic) bond motifs is 6. The van der Waals surface area contributed by atoms with Crippen LogP contribution in [0.4, 0.5) is 4.79 Å². The van der Waals surface area contributed by atoms with Gasteiger partial charge < -0.3 is 14.7 Å². The van der Waals surface area contributed by atoms with Gasteiger partial charge in [-0.2, -0.15) is 0 Å². The minimum absolute atomic E-state index is 0.0399. The third-order valence-corrected chi connectivity index (χ3v) is 8.32. The molecule has 180 valence electrons. The second-order valence-corrected chi connectivity index (χ2v) is 10.3. The highest BCUT2D eigenvalue weighted by molar-refractivity contribution is 5.79. The van der Waals surface area contributed by atoms with Crippen molar-refractivity contribution in [3.8, 4) is 11.1 Å². The fraction of sp³-hybridized carbons (Fsp3) is 0.300. The van der Waals surface area contributed by atoms with E-state index >= 15 is 0 Å². The zero-order valence-corrected chi connectivity index (χ0v) is 19.9.